The number of nitrogens with zero attached hydrogens (tertiary/aromatic N) is 1. The molecule has 0 amide bonds. The molecule has 0 aromatic heterocycles. The lowest BCUT2D eigenvalue weighted by Gasteiger charge is -2.18. The molecule has 3 rings (SSSR count). The summed E-state index contributed by atoms with van der Waals surface area (Å²) in [7, 11) is 0. The van der Waals surface area contributed by atoms with Gasteiger partial charge >= 0.3 is 0 Å². The molecule has 0 radical (unpaired) electrons. The van der Waals surface area contributed by atoms with Gasteiger partial charge in [-0.25, -0.2) is 0 Å². The van der Waals surface area contributed by atoms with Crippen LogP contribution in [-0.2, 0) is 4.74 Å². The molecule has 2 aliphatic rings. The van der Waals surface area contributed by atoms with Gasteiger partial charge in [-0.1, -0.05) is 25.0 Å². The highest BCUT2D eigenvalue weighted by atomic mass is 16.6. The van der Waals surface area contributed by atoms with Crippen molar-refractivity contribution in [3.05, 3.63) is 29.8 Å². The van der Waals surface area contributed by atoms with E-state index in [2.05, 4.69) is 0 Å². The van der Waals surface area contributed by atoms with Crippen molar-refractivity contribution in [2.24, 2.45) is 0 Å². The third-order valence-electron chi connectivity index (χ3n) is 4.23. The van der Waals surface area contributed by atoms with Crippen LogP contribution < -0.4 is 4.74 Å². The van der Waals surface area contributed by atoms with E-state index in [1.807, 2.05) is 24.3 Å². The predicted molar refractivity (Wildman–Crippen MR) is 73.2 cm³/mol. The van der Waals surface area contributed by atoms with Crippen LogP contribution in [0.5, 0.6) is 5.75 Å². The van der Waals surface area contributed by atoms with Gasteiger partial charge in [0.1, 0.15) is 18.0 Å². The molecule has 1 aliphatic carbocycles. The molecule has 1 saturated heterocycles. The van der Waals surface area contributed by atoms with Gasteiger partial charge < -0.3 is 14.6 Å². The Balaban J connectivity index is 1.61. The smallest absolute Gasteiger partial charge is 0.129 e. The molecular formula is C16H19NO3. The van der Waals surface area contributed by atoms with E-state index in [0.29, 0.717) is 12.7 Å². The Morgan fingerprint density at radius 3 is 3.20 bits per heavy atom. The number of benzene rings is 1. The highest BCUT2D eigenvalue weighted by molar-refractivity contribution is 5.30. The first kappa shape index (κ1) is 13.4. The normalized spacial score (nSPS) is 29.1. The number of ether oxygens (including phenoxy) is 2. The zero-order valence-electron chi connectivity index (χ0n) is 11.4. The Morgan fingerprint density at radius 2 is 2.40 bits per heavy atom. The fraction of sp³-hybridized carbons (Fsp3) is 0.562. The second-order valence-electron chi connectivity index (χ2n) is 5.66. The van der Waals surface area contributed by atoms with E-state index >= 15 is 0 Å². The van der Waals surface area contributed by atoms with Crippen LogP contribution in [0, 0.1) is 11.3 Å². The van der Waals surface area contributed by atoms with Crippen LogP contribution in [0.15, 0.2) is 24.3 Å². The summed E-state index contributed by atoms with van der Waals surface area (Å²) in [6.07, 6.45) is 4.41. The lowest BCUT2D eigenvalue weighted by molar-refractivity contribution is 0.174. The topological polar surface area (TPSA) is 65.8 Å². The van der Waals surface area contributed by atoms with Gasteiger partial charge in [0, 0.05) is 0 Å². The van der Waals surface area contributed by atoms with Crippen LogP contribution in [0.25, 0.3) is 0 Å². The van der Waals surface area contributed by atoms with Crippen LogP contribution in [0.4, 0.5) is 0 Å². The van der Waals surface area contributed by atoms with Crippen molar-refractivity contribution in [3.8, 4) is 11.8 Å². The molecule has 0 spiro atoms. The van der Waals surface area contributed by atoms with E-state index < -0.39 is 6.10 Å². The highest BCUT2D eigenvalue weighted by Crippen LogP contribution is 2.47. The molecule has 1 aromatic carbocycles. The maximum absolute atomic E-state index is 9.82. The van der Waals surface area contributed by atoms with Crippen LogP contribution in [0.1, 0.15) is 43.8 Å². The van der Waals surface area contributed by atoms with Crippen LogP contribution in [0.2, 0.25) is 0 Å². The molecule has 4 heteroatoms. The lowest BCUT2D eigenvalue weighted by Crippen LogP contribution is -2.27. The minimum absolute atomic E-state index is 0.0560. The number of rotatable bonds is 5. The Bertz CT molecular complexity index is 525. The summed E-state index contributed by atoms with van der Waals surface area (Å²) >= 11 is 0. The summed E-state index contributed by atoms with van der Waals surface area (Å²) in [5, 5.41) is 18.4. The Kier molecular flexibility index (Phi) is 3.64. The van der Waals surface area contributed by atoms with E-state index in [-0.39, 0.29) is 12.0 Å². The molecule has 20 heavy (non-hydrogen) atoms. The monoisotopic (exact) mass is 273 g/mol. The first-order chi connectivity index (χ1) is 9.73. The summed E-state index contributed by atoms with van der Waals surface area (Å²) in [5.74, 6) is 0.730. The van der Waals surface area contributed by atoms with Gasteiger partial charge in [-0.15, -0.1) is 0 Å². The van der Waals surface area contributed by atoms with E-state index in [0.717, 1.165) is 24.2 Å². The molecule has 1 N–H and O–H groups in total. The molecule has 0 bridgehead atoms. The average Bonchev–Trinajstić information content (AvgIpc) is 3.21. The molecule has 3 atom stereocenters. The number of nitriles is 1. The van der Waals surface area contributed by atoms with Crippen molar-refractivity contribution in [1.82, 2.24) is 0 Å². The summed E-state index contributed by atoms with van der Waals surface area (Å²) in [4.78, 5) is 0. The molecular weight excluding hydrogens is 254 g/mol. The molecule has 1 heterocycles. The van der Waals surface area contributed by atoms with Gasteiger partial charge in [-0.05, 0) is 30.5 Å². The van der Waals surface area contributed by atoms with Crippen molar-refractivity contribution in [3.63, 3.8) is 0 Å². The van der Waals surface area contributed by atoms with E-state index in [4.69, 9.17) is 14.7 Å². The number of aliphatic hydroxyl groups excluding tert-OH is 1. The summed E-state index contributed by atoms with van der Waals surface area (Å²) in [6, 6.07) is 9.30. The zero-order chi connectivity index (χ0) is 14.0. The first-order valence-electron chi connectivity index (χ1n) is 7.19. The lowest BCUT2D eigenvalue weighted by atomic mass is 9.90. The molecule has 3 unspecified atom stereocenters. The fourth-order valence-electron chi connectivity index (χ4n) is 2.97. The molecule has 1 aromatic rings. The fourth-order valence-corrected chi connectivity index (χ4v) is 2.97. The molecule has 2 fully saturated rings. The summed E-state index contributed by atoms with van der Waals surface area (Å²) < 4.78 is 11.6. The van der Waals surface area contributed by atoms with Crippen molar-refractivity contribution >= 4 is 0 Å². The summed E-state index contributed by atoms with van der Waals surface area (Å²) in [5.41, 5.74) is 0.665. The quantitative estimate of drug-likeness (QED) is 0.838. The molecule has 4 nitrogen and oxygen atoms in total. The Labute approximate surface area is 118 Å². The van der Waals surface area contributed by atoms with Gasteiger partial charge in [-0.3, -0.25) is 0 Å². The standard InChI is InChI=1S/C16H19NO3/c17-9-7-14(18)12-4-3-5-13(10-12)19-11-16-8-2-1-6-15(16)20-16/h3-5,10,14-15,18H,1-2,6-8,11H2. The predicted octanol–water partition coefficient (Wildman–Crippen LogP) is 2.72. The zero-order valence-corrected chi connectivity index (χ0v) is 11.4. The minimum atomic E-state index is -0.749. The van der Waals surface area contributed by atoms with Gasteiger partial charge in [0.15, 0.2) is 0 Å². The maximum Gasteiger partial charge on any atom is 0.129 e. The van der Waals surface area contributed by atoms with Crippen LogP contribution >= 0.6 is 0 Å². The second kappa shape index (κ2) is 5.43. The van der Waals surface area contributed by atoms with Crippen molar-refractivity contribution in [2.75, 3.05) is 6.61 Å². The number of epoxide rings is 1. The number of hydrogen-bond acceptors (Lipinski definition) is 4. The van der Waals surface area contributed by atoms with Gasteiger partial charge in [-0.2, -0.15) is 5.26 Å². The maximum atomic E-state index is 9.82. The highest BCUT2D eigenvalue weighted by Gasteiger charge is 2.57. The van der Waals surface area contributed by atoms with E-state index in [9.17, 15) is 5.11 Å². The number of aliphatic hydroxyl groups is 1. The van der Waals surface area contributed by atoms with Gasteiger partial charge in [0.2, 0.25) is 0 Å². The van der Waals surface area contributed by atoms with Gasteiger partial charge in [0.05, 0.1) is 24.7 Å². The van der Waals surface area contributed by atoms with Crippen molar-refractivity contribution < 1.29 is 14.6 Å². The first-order valence-corrected chi connectivity index (χ1v) is 7.19. The molecule has 1 saturated carbocycles. The Morgan fingerprint density at radius 1 is 1.50 bits per heavy atom. The Hall–Kier alpha value is -1.57. The van der Waals surface area contributed by atoms with Crippen LogP contribution in [-0.4, -0.2) is 23.4 Å². The van der Waals surface area contributed by atoms with E-state index in [1.54, 1.807) is 6.07 Å². The van der Waals surface area contributed by atoms with Crippen molar-refractivity contribution in [2.45, 2.75) is 49.9 Å². The average molecular weight is 273 g/mol. The molecule has 1 aliphatic heterocycles. The minimum Gasteiger partial charge on any atom is -0.490 e. The second-order valence-corrected chi connectivity index (χ2v) is 5.66. The SMILES string of the molecule is N#CCC(O)c1cccc(OCC23CCCCC2O3)c1. The largest absolute Gasteiger partial charge is 0.490 e. The van der Waals surface area contributed by atoms with Crippen molar-refractivity contribution in [1.29, 1.82) is 5.26 Å². The summed E-state index contributed by atoms with van der Waals surface area (Å²) in [6.45, 7) is 0.579. The third-order valence-corrected chi connectivity index (χ3v) is 4.23. The van der Waals surface area contributed by atoms with E-state index in [1.165, 1.54) is 12.8 Å². The van der Waals surface area contributed by atoms with Crippen LogP contribution in [0.3, 0.4) is 0 Å². The van der Waals surface area contributed by atoms with Gasteiger partial charge in [0.25, 0.3) is 0 Å². The molecule has 106 valence electrons. The number of fused-ring (bicyclic) bond motifs is 1. The third kappa shape index (κ3) is 2.65. The number of hydrogen-bond donors (Lipinski definition) is 1.